The van der Waals surface area contributed by atoms with Crippen molar-refractivity contribution in [3.8, 4) is 0 Å². The van der Waals surface area contributed by atoms with Crippen LogP contribution in [0.3, 0.4) is 0 Å². The third kappa shape index (κ3) is 8.37. The zero-order valence-corrected chi connectivity index (χ0v) is 18.3. The van der Waals surface area contributed by atoms with Crippen molar-refractivity contribution in [2.45, 2.75) is 49.5 Å². The third-order valence-corrected chi connectivity index (χ3v) is 5.18. The summed E-state index contributed by atoms with van der Waals surface area (Å²) in [5.41, 5.74) is 1.56. The Hall–Kier alpha value is -1.50. The van der Waals surface area contributed by atoms with Crippen molar-refractivity contribution in [2.24, 2.45) is 0 Å². The van der Waals surface area contributed by atoms with Crippen LogP contribution in [0.15, 0.2) is 57.9 Å². The maximum atomic E-state index is 11.7. The summed E-state index contributed by atoms with van der Waals surface area (Å²) in [6, 6.07) is 16.1. The highest BCUT2D eigenvalue weighted by Gasteiger charge is 2.16. The van der Waals surface area contributed by atoms with E-state index in [1.54, 1.807) is 11.8 Å². The fourth-order valence-electron chi connectivity index (χ4n) is 2.40. The van der Waals surface area contributed by atoms with Gasteiger partial charge in [0.15, 0.2) is 0 Å². The molecule has 2 aromatic rings. The van der Waals surface area contributed by atoms with Crippen LogP contribution in [0.2, 0.25) is 0 Å². The highest BCUT2D eigenvalue weighted by molar-refractivity contribution is 9.10. The number of amides is 1. The number of thioether (sulfide) groups is 1. The maximum Gasteiger partial charge on any atom is 0.407 e. The van der Waals surface area contributed by atoms with Crippen LogP contribution in [-0.4, -0.2) is 23.3 Å². The number of aliphatic hydroxyl groups is 1. The quantitative estimate of drug-likeness (QED) is 0.530. The minimum absolute atomic E-state index is 0.353. The zero-order valence-electron chi connectivity index (χ0n) is 15.9. The van der Waals surface area contributed by atoms with E-state index < -0.39 is 17.8 Å². The van der Waals surface area contributed by atoms with Crippen molar-refractivity contribution in [2.75, 3.05) is 6.54 Å². The van der Waals surface area contributed by atoms with Crippen molar-refractivity contribution in [1.29, 1.82) is 0 Å². The second kappa shape index (κ2) is 10.2. The van der Waals surface area contributed by atoms with Crippen LogP contribution < -0.4 is 5.32 Å². The predicted molar refractivity (Wildman–Crippen MR) is 114 cm³/mol. The summed E-state index contributed by atoms with van der Waals surface area (Å²) >= 11 is 5.22. The number of ether oxygens (including phenoxy) is 1. The van der Waals surface area contributed by atoms with E-state index in [1.165, 1.54) is 5.56 Å². The molecule has 0 aliphatic carbocycles. The zero-order chi connectivity index (χ0) is 19.9. The number of carbonyl (C=O) groups excluding carboxylic acids is 1. The lowest BCUT2D eigenvalue weighted by atomic mass is 10.1. The molecule has 146 valence electrons. The number of halogens is 1. The molecule has 0 aromatic heterocycles. The first kappa shape index (κ1) is 21.8. The van der Waals surface area contributed by atoms with Gasteiger partial charge in [0, 0.05) is 21.7 Å². The summed E-state index contributed by atoms with van der Waals surface area (Å²) in [7, 11) is 0. The molecule has 1 unspecified atom stereocenters. The molecule has 1 amide bonds. The van der Waals surface area contributed by atoms with Crippen LogP contribution in [-0.2, 0) is 10.5 Å². The molecule has 6 heteroatoms. The molecule has 0 aliphatic rings. The highest BCUT2D eigenvalue weighted by atomic mass is 79.9. The van der Waals surface area contributed by atoms with Crippen molar-refractivity contribution in [1.82, 2.24) is 5.32 Å². The standard InChI is InChI=1S/C21H26BrNO3S/c1-21(2,3)26-20(25)23-11-10-19(24)16-7-5-9-18(13-16)27-14-15-6-4-8-17(22)12-15/h4-9,12-13,19,24H,10-11,14H2,1-3H3,(H,23,25). The second-order valence-corrected chi connectivity index (χ2v) is 9.19. The van der Waals surface area contributed by atoms with Gasteiger partial charge in [-0.2, -0.15) is 0 Å². The lowest BCUT2D eigenvalue weighted by Gasteiger charge is -2.20. The first-order valence-corrected chi connectivity index (χ1v) is 10.6. The Balaban J connectivity index is 1.84. The summed E-state index contributed by atoms with van der Waals surface area (Å²) < 4.78 is 6.26. The lowest BCUT2D eigenvalue weighted by Crippen LogP contribution is -2.33. The van der Waals surface area contributed by atoms with Gasteiger partial charge < -0.3 is 15.2 Å². The molecule has 0 heterocycles. The Labute approximate surface area is 173 Å². The topological polar surface area (TPSA) is 58.6 Å². The van der Waals surface area contributed by atoms with Gasteiger partial charge in [-0.05, 0) is 62.6 Å². The van der Waals surface area contributed by atoms with E-state index in [0.29, 0.717) is 13.0 Å². The monoisotopic (exact) mass is 451 g/mol. The number of rotatable bonds is 7. The number of carbonyl (C=O) groups is 1. The van der Waals surface area contributed by atoms with Gasteiger partial charge in [0.1, 0.15) is 5.60 Å². The van der Waals surface area contributed by atoms with E-state index in [9.17, 15) is 9.90 Å². The molecule has 4 nitrogen and oxygen atoms in total. The molecular weight excluding hydrogens is 426 g/mol. The molecule has 0 aliphatic heterocycles. The first-order chi connectivity index (χ1) is 12.7. The van der Waals surface area contributed by atoms with Crippen LogP contribution >= 0.6 is 27.7 Å². The SMILES string of the molecule is CC(C)(C)OC(=O)NCCC(O)c1cccc(SCc2cccc(Br)c2)c1. The summed E-state index contributed by atoms with van der Waals surface area (Å²) in [5, 5.41) is 13.1. The van der Waals surface area contributed by atoms with Crippen LogP contribution in [0.25, 0.3) is 0 Å². The van der Waals surface area contributed by atoms with Gasteiger partial charge in [-0.3, -0.25) is 0 Å². The summed E-state index contributed by atoms with van der Waals surface area (Å²) in [5.74, 6) is 0.860. The minimum atomic E-state index is -0.633. The maximum absolute atomic E-state index is 11.7. The fraction of sp³-hybridized carbons (Fsp3) is 0.381. The van der Waals surface area contributed by atoms with Crippen molar-refractivity contribution < 1.29 is 14.6 Å². The van der Waals surface area contributed by atoms with Crippen molar-refractivity contribution in [3.05, 3.63) is 64.1 Å². The summed E-state index contributed by atoms with van der Waals surface area (Å²) in [6.07, 6.45) is -0.668. The van der Waals surface area contributed by atoms with Crippen LogP contribution in [0.5, 0.6) is 0 Å². The van der Waals surface area contributed by atoms with E-state index in [1.807, 2.05) is 57.2 Å². The van der Waals surface area contributed by atoms with E-state index in [-0.39, 0.29) is 0 Å². The van der Waals surface area contributed by atoms with Gasteiger partial charge in [0.05, 0.1) is 6.10 Å². The molecule has 0 spiro atoms. The van der Waals surface area contributed by atoms with E-state index >= 15 is 0 Å². The molecule has 2 aromatic carbocycles. The Kier molecular flexibility index (Phi) is 8.20. The molecule has 0 bridgehead atoms. The fourth-order valence-corrected chi connectivity index (χ4v) is 3.75. The average molecular weight is 452 g/mol. The summed E-state index contributed by atoms with van der Waals surface area (Å²) in [6.45, 7) is 5.81. The van der Waals surface area contributed by atoms with Gasteiger partial charge in [-0.25, -0.2) is 4.79 Å². The molecular formula is C21H26BrNO3S. The predicted octanol–water partition coefficient (Wildman–Crippen LogP) is 5.69. The number of alkyl carbamates (subject to hydrolysis) is 1. The highest BCUT2D eigenvalue weighted by Crippen LogP contribution is 2.27. The molecule has 0 saturated heterocycles. The van der Waals surface area contributed by atoms with Crippen LogP contribution in [0, 0.1) is 0 Å². The lowest BCUT2D eigenvalue weighted by molar-refractivity contribution is 0.0518. The number of aliphatic hydroxyl groups excluding tert-OH is 1. The van der Waals surface area contributed by atoms with Crippen LogP contribution in [0.1, 0.15) is 44.4 Å². The molecule has 2 N–H and O–H groups in total. The van der Waals surface area contributed by atoms with Gasteiger partial charge in [0.2, 0.25) is 0 Å². The Bertz CT molecular complexity index is 761. The van der Waals surface area contributed by atoms with Gasteiger partial charge in [0.25, 0.3) is 0 Å². The molecule has 0 fully saturated rings. The molecule has 27 heavy (non-hydrogen) atoms. The minimum Gasteiger partial charge on any atom is -0.444 e. The molecule has 1 atom stereocenters. The average Bonchev–Trinajstić information content (AvgIpc) is 2.58. The first-order valence-electron chi connectivity index (χ1n) is 8.85. The third-order valence-electron chi connectivity index (χ3n) is 3.62. The van der Waals surface area contributed by atoms with E-state index in [2.05, 4.69) is 33.4 Å². The van der Waals surface area contributed by atoms with Crippen LogP contribution in [0.4, 0.5) is 4.79 Å². The smallest absolute Gasteiger partial charge is 0.407 e. The van der Waals surface area contributed by atoms with E-state index in [0.717, 1.165) is 20.7 Å². The normalized spacial score (nSPS) is 12.5. The molecule has 0 saturated carbocycles. The number of nitrogens with one attached hydrogen (secondary N) is 1. The largest absolute Gasteiger partial charge is 0.444 e. The van der Waals surface area contributed by atoms with Crippen molar-refractivity contribution >= 4 is 33.8 Å². The van der Waals surface area contributed by atoms with Gasteiger partial charge in [-0.1, -0.05) is 40.2 Å². The number of hydrogen-bond donors (Lipinski definition) is 2. The Morgan fingerprint density at radius 2 is 1.96 bits per heavy atom. The second-order valence-electron chi connectivity index (χ2n) is 7.22. The van der Waals surface area contributed by atoms with Gasteiger partial charge in [-0.15, -0.1) is 11.8 Å². The number of hydrogen-bond acceptors (Lipinski definition) is 4. The Morgan fingerprint density at radius 3 is 2.67 bits per heavy atom. The molecule has 2 rings (SSSR count). The Morgan fingerprint density at radius 1 is 1.22 bits per heavy atom. The van der Waals surface area contributed by atoms with Gasteiger partial charge >= 0.3 is 6.09 Å². The van der Waals surface area contributed by atoms with E-state index in [4.69, 9.17) is 4.74 Å². The molecule has 0 radical (unpaired) electrons. The number of benzene rings is 2. The van der Waals surface area contributed by atoms with Crippen molar-refractivity contribution in [3.63, 3.8) is 0 Å². The summed E-state index contributed by atoms with van der Waals surface area (Å²) in [4.78, 5) is 12.8.